The molecule has 2 N–H and O–H groups in total. The maximum Gasteiger partial charge on any atom is 0.338 e. The Morgan fingerprint density at radius 3 is 2.59 bits per heavy atom. The molecule has 1 aliphatic heterocycles. The van der Waals surface area contributed by atoms with Crippen molar-refractivity contribution in [3.05, 3.63) is 47.0 Å². The second-order valence-corrected chi connectivity index (χ2v) is 9.43. The summed E-state index contributed by atoms with van der Waals surface area (Å²) in [5.74, 6) is -0.812. The van der Waals surface area contributed by atoms with Crippen LogP contribution in [0, 0.1) is 0 Å². The van der Waals surface area contributed by atoms with E-state index in [0.29, 0.717) is 18.9 Å². The SMILES string of the molecule is COc1cc(OC)c(NS(=O)(=O)c2cccc(C(=O)OCC(=O)NC[C@H]3CCCO3)c2)cc1Cl. The molecule has 0 bridgehead atoms. The zero-order chi connectivity index (χ0) is 24.7. The average Bonchev–Trinajstić information content (AvgIpc) is 3.35. The lowest BCUT2D eigenvalue weighted by Gasteiger charge is -2.14. The summed E-state index contributed by atoms with van der Waals surface area (Å²) >= 11 is 6.10. The summed E-state index contributed by atoms with van der Waals surface area (Å²) in [6.45, 7) is 0.513. The van der Waals surface area contributed by atoms with E-state index in [1.54, 1.807) is 0 Å². The lowest BCUT2D eigenvalue weighted by molar-refractivity contribution is -0.124. The zero-order valence-electron chi connectivity index (χ0n) is 18.6. The van der Waals surface area contributed by atoms with E-state index >= 15 is 0 Å². The number of benzene rings is 2. The summed E-state index contributed by atoms with van der Waals surface area (Å²) in [5.41, 5.74) is 0.0544. The number of rotatable bonds is 10. The summed E-state index contributed by atoms with van der Waals surface area (Å²) in [5, 5.41) is 2.82. The number of nitrogens with one attached hydrogen (secondary N) is 2. The highest BCUT2D eigenvalue weighted by Crippen LogP contribution is 2.37. The molecule has 12 heteroatoms. The van der Waals surface area contributed by atoms with Gasteiger partial charge >= 0.3 is 5.97 Å². The normalized spacial score (nSPS) is 15.4. The van der Waals surface area contributed by atoms with Gasteiger partial charge in [-0.2, -0.15) is 0 Å². The molecule has 1 heterocycles. The number of carbonyl (C=O) groups is 2. The van der Waals surface area contributed by atoms with E-state index in [2.05, 4.69) is 10.0 Å². The van der Waals surface area contributed by atoms with Crippen molar-refractivity contribution in [1.82, 2.24) is 5.32 Å². The Labute approximate surface area is 202 Å². The summed E-state index contributed by atoms with van der Waals surface area (Å²) < 4.78 is 49.0. The molecule has 0 aliphatic carbocycles. The number of hydrogen-bond acceptors (Lipinski definition) is 8. The third kappa shape index (κ3) is 6.52. The van der Waals surface area contributed by atoms with Crippen LogP contribution in [0.2, 0.25) is 5.02 Å². The Balaban J connectivity index is 1.66. The number of anilines is 1. The van der Waals surface area contributed by atoms with Gasteiger partial charge in [-0.25, -0.2) is 13.2 Å². The summed E-state index contributed by atoms with van der Waals surface area (Å²) in [7, 11) is -1.33. The second kappa shape index (κ2) is 11.4. The van der Waals surface area contributed by atoms with Crippen LogP contribution in [0.15, 0.2) is 41.3 Å². The van der Waals surface area contributed by atoms with Crippen LogP contribution in [-0.4, -0.2) is 60.4 Å². The fraction of sp³-hybridized carbons (Fsp3) is 0.364. The maximum absolute atomic E-state index is 12.9. The van der Waals surface area contributed by atoms with Gasteiger partial charge in [0.25, 0.3) is 15.9 Å². The molecule has 2 aromatic rings. The van der Waals surface area contributed by atoms with Crippen molar-refractivity contribution in [3.63, 3.8) is 0 Å². The van der Waals surface area contributed by atoms with Crippen molar-refractivity contribution in [2.24, 2.45) is 0 Å². The van der Waals surface area contributed by atoms with Crippen LogP contribution in [0.5, 0.6) is 11.5 Å². The van der Waals surface area contributed by atoms with E-state index in [1.807, 2.05) is 0 Å². The minimum absolute atomic E-state index is 0.0328. The molecule has 184 valence electrons. The van der Waals surface area contributed by atoms with Gasteiger partial charge in [0.1, 0.15) is 11.5 Å². The molecule has 0 aromatic heterocycles. The van der Waals surface area contributed by atoms with Gasteiger partial charge in [-0.1, -0.05) is 17.7 Å². The molecular formula is C22H25ClN2O8S. The number of esters is 1. The van der Waals surface area contributed by atoms with Gasteiger partial charge in [-0.15, -0.1) is 0 Å². The smallest absolute Gasteiger partial charge is 0.338 e. The van der Waals surface area contributed by atoms with Gasteiger partial charge in [-0.3, -0.25) is 9.52 Å². The molecule has 3 rings (SSSR count). The van der Waals surface area contributed by atoms with Crippen molar-refractivity contribution in [2.45, 2.75) is 23.8 Å². The summed E-state index contributed by atoms with van der Waals surface area (Å²) in [4.78, 5) is 24.1. The van der Waals surface area contributed by atoms with Crippen LogP contribution >= 0.6 is 11.6 Å². The first-order valence-corrected chi connectivity index (χ1v) is 12.2. The summed E-state index contributed by atoms with van der Waals surface area (Å²) in [6, 6.07) is 8.02. The maximum atomic E-state index is 12.9. The van der Waals surface area contributed by atoms with Gasteiger partial charge in [0.05, 0.1) is 41.5 Å². The predicted octanol–water partition coefficient (Wildman–Crippen LogP) is 2.61. The highest BCUT2D eigenvalue weighted by molar-refractivity contribution is 7.92. The first kappa shape index (κ1) is 25.6. The number of carbonyl (C=O) groups excluding carboxylic acids is 2. The quantitative estimate of drug-likeness (QED) is 0.465. The fourth-order valence-corrected chi connectivity index (χ4v) is 4.58. The van der Waals surface area contributed by atoms with Gasteiger partial charge in [0, 0.05) is 19.2 Å². The van der Waals surface area contributed by atoms with Crippen molar-refractivity contribution in [3.8, 4) is 11.5 Å². The number of ether oxygens (including phenoxy) is 4. The fourth-order valence-electron chi connectivity index (χ4n) is 3.23. The average molecular weight is 513 g/mol. The minimum Gasteiger partial charge on any atom is -0.495 e. The molecule has 0 radical (unpaired) electrons. The lowest BCUT2D eigenvalue weighted by atomic mass is 10.2. The van der Waals surface area contributed by atoms with Crippen molar-refractivity contribution in [1.29, 1.82) is 0 Å². The van der Waals surface area contributed by atoms with Gasteiger partial charge in [-0.05, 0) is 37.1 Å². The highest BCUT2D eigenvalue weighted by atomic mass is 35.5. The number of amides is 1. The molecule has 1 amide bonds. The standard InChI is InChI=1S/C22H25ClN2O8S/c1-30-19-11-20(31-2)18(10-17(19)23)25-34(28,29)16-7-3-5-14(9-16)22(27)33-13-21(26)24-12-15-6-4-8-32-15/h3,5,7,9-11,15,25H,4,6,8,12-13H2,1-2H3,(H,24,26)/t15-/m1/s1. The van der Waals surface area contributed by atoms with Crippen molar-refractivity contribution < 1.29 is 37.0 Å². The van der Waals surface area contributed by atoms with Crippen molar-refractivity contribution in [2.75, 3.05) is 38.7 Å². The molecule has 1 aliphatic rings. The third-order valence-corrected chi connectivity index (χ3v) is 6.64. The van der Waals surface area contributed by atoms with E-state index in [9.17, 15) is 18.0 Å². The van der Waals surface area contributed by atoms with E-state index in [4.69, 9.17) is 30.5 Å². The van der Waals surface area contributed by atoms with Gasteiger partial charge in [0.2, 0.25) is 0 Å². The number of hydrogen-bond donors (Lipinski definition) is 2. The first-order valence-electron chi connectivity index (χ1n) is 10.3. The molecule has 0 spiro atoms. The molecule has 0 unspecified atom stereocenters. The second-order valence-electron chi connectivity index (χ2n) is 7.34. The molecule has 1 saturated heterocycles. The van der Waals surface area contributed by atoms with Crippen LogP contribution in [0.1, 0.15) is 23.2 Å². The Kier molecular flexibility index (Phi) is 8.59. The van der Waals surface area contributed by atoms with E-state index in [1.165, 1.54) is 44.6 Å². The molecule has 2 aromatic carbocycles. The van der Waals surface area contributed by atoms with Crippen LogP contribution in [0.3, 0.4) is 0 Å². The third-order valence-electron chi connectivity index (χ3n) is 4.98. The Hall–Kier alpha value is -3.02. The Bertz CT molecular complexity index is 1150. The van der Waals surface area contributed by atoms with Crippen LogP contribution in [-0.2, 0) is 24.3 Å². The predicted molar refractivity (Wildman–Crippen MR) is 124 cm³/mol. The van der Waals surface area contributed by atoms with E-state index < -0.39 is 28.5 Å². The molecule has 0 saturated carbocycles. The lowest BCUT2D eigenvalue weighted by Crippen LogP contribution is -2.34. The minimum atomic E-state index is -4.12. The Morgan fingerprint density at radius 2 is 1.91 bits per heavy atom. The number of sulfonamides is 1. The first-order chi connectivity index (χ1) is 16.2. The molecular weight excluding hydrogens is 488 g/mol. The number of methoxy groups -OCH3 is 2. The topological polar surface area (TPSA) is 129 Å². The van der Waals surface area contributed by atoms with Crippen molar-refractivity contribution >= 4 is 39.2 Å². The van der Waals surface area contributed by atoms with Crippen LogP contribution in [0.25, 0.3) is 0 Å². The van der Waals surface area contributed by atoms with Crippen LogP contribution in [0.4, 0.5) is 5.69 Å². The van der Waals surface area contributed by atoms with Crippen LogP contribution < -0.4 is 19.5 Å². The summed E-state index contributed by atoms with van der Waals surface area (Å²) in [6.07, 6.45) is 1.78. The van der Waals surface area contributed by atoms with Gasteiger partial charge in [0.15, 0.2) is 6.61 Å². The van der Waals surface area contributed by atoms with E-state index in [-0.39, 0.29) is 33.0 Å². The van der Waals surface area contributed by atoms with E-state index in [0.717, 1.165) is 18.9 Å². The zero-order valence-corrected chi connectivity index (χ0v) is 20.2. The highest BCUT2D eigenvalue weighted by Gasteiger charge is 2.21. The molecule has 1 fully saturated rings. The molecule has 10 nitrogen and oxygen atoms in total. The number of halogens is 1. The largest absolute Gasteiger partial charge is 0.495 e. The monoisotopic (exact) mass is 512 g/mol. The Morgan fingerprint density at radius 1 is 1.15 bits per heavy atom. The molecule has 34 heavy (non-hydrogen) atoms. The van der Waals surface area contributed by atoms with Gasteiger partial charge < -0.3 is 24.3 Å². The molecule has 1 atom stereocenters.